The van der Waals surface area contributed by atoms with Gasteiger partial charge in [0.2, 0.25) is 5.95 Å². The largest absolute Gasteiger partial charge is 0.350 e. The molecule has 140 valence electrons. The van der Waals surface area contributed by atoms with Crippen LogP contribution in [-0.4, -0.2) is 31.7 Å². The van der Waals surface area contributed by atoms with Gasteiger partial charge in [0.1, 0.15) is 0 Å². The number of aryl methyl sites for hydroxylation is 2. The summed E-state index contributed by atoms with van der Waals surface area (Å²) in [5.41, 5.74) is 4.18. The normalized spacial score (nSPS) is 11.9. The van der Waals surface area contributed by atoms with Crippen molar-refractivity contribution >= 4 is 17.5 Å². The summed E-state index contributed by atoms with van der Waals surface area (Å²) in [4.78, 5) is 21.2. The molecule has 2 heterocycles. The highest BCUT2D eigenvalue weighted by molar-refractivity contribution is 5.94. The summed E-state index contributed by atoms with van der Waals surface area (Å²) < 4.78 is 1.71. The van der Waals surface area contributed by atoms with E-state index in [0.717, 1.165) is 28.9 Å². The lowest BCUT2D eigenvalue weighted by atomic mass is 10.1. The third kappa shape index (κ3) is 4.49. The van der Waals surface area contributed by atoms with Crippen LogP contribution in [-0.2, 0) is 7.05 Å². The molecule has 0 aliphatic heterocycles. The van der Waals surface area contributed by atoms with Crippen molar-refractivity contribution < 1.29 is 4.79 Å². The molecule has 1 atom stereocenters. The number of hydrogen-bond donors (Lipinski definition) is 2. The van der Waals surface area contributed by atoms with Gasteiger partial charge in [-0.2, -0.15) is 5.10 Å². The van der Waals surface area contributed by atoms with E-state index in [0.29, 0.717) is 11.5 Å². The Morgan fingerprint density at radius 1 is 1.22 bits per heavy atom. The number of anilines is 2. The number of rotatable bonds is 6. The Hall–Kier alpha value is -3.22. The molecule has 1 amide bonds. The van der Waals surface area contributed by atoms with Gasteiger partial charge >= 0.3 is 0 Å². The molecule has 7 heteroatoms. The molecule has 7 nitrogen and oxygen atoms in total. The van der Waals surface area contributed by atoms with Gasteiger partial charge in [-0.05, 0) is 38.0 Å². The first kappa shape index (κ1) is 18.6. The van der Waals surface area contributed by atoms with Gasteiger partial charge in [-0.1, -0.05) is 19.1 Å². The van der Waals surface area contributed by atoms with E-state index in [1.54, 1.807) is 17.1 Å². The average molecular weight is 364 g/mol. The highest BCUT2D eigenvalue weighted by Crippen LogP contribution is 2.23. The summed E-state index contributed by atoms with van der Waals surface area (Å²) in [7, 11) is 1.85. The fourth-order valence-corrected chi connectivity index (χ4v) is 2.60. The van der Waals surface area contributed by atoms with E-state index in [4.69, 9.17) is 0 Å². The molecular weight excluding hydrogens is 340 g/mol. The maximum absolute atomic E-state index is 12.2. The fourth-order valence-electron chi connectivity index (χ4n) is 2.60. The molecule has 3 rings (SSSR count). The van der Waals surface area contributed by atoms with E-state index in [2.05, 4.69) is 25.7 Å². The van der Waals surface area contributed by atoms with E-state index in [1.165, 1.54) is 0 Å². The first-order valence-corrected chi connectivity index (χ1v) is 8.97. The molecule has 0 aliphatic rings. The zero-order chi connectivity index (χ0) is 19.4. The molecule has 0 spiro atoms. The first-order chi connectivity index (χ1) is 13.0. The summed E-state index contributed by atoms with van der Waals surface area (Å²) in [6.07, 6.45) is 6.25. The molecule has 0 radical (unpaired) electrons. The summed E-state index contributed by atoms with van der Waals surface area (Å²) >= 11 is 0. The van der Waals surface area contributed by atoms with E-state index in [9.17, 15) is 4.79 Å². The SMILES string of the molecule is CCC(C)NC(=O)c1ccc(-c2nc(Nc3cnn(C)c3)ncc2C)cc1. The summed E-state index contributed by atoms with van der Waals surface area (Å²) in [6.45, 7) is 6.00. The van der Waals surface area contributed by atoms with Crippen LogP contribution in [0.3, 0.4) is 0 Å². The summed E-state index contributed by atoms with van der Waals surface area (Å²) in [6, 6.07) is 7.62. The van der Waals surface area contributed by atoms with Crippen LogP contribution in [0.25, 0.3) is 11.3 Å². The number of nitrogens with one attached hydrogen (secondary N) is 2. The fraction of sp³-hybridized carbons (Fsp3) is 0.300. The van der Waals surface area contributed by atoms with Crippen molar-refractivity contribution in [2.24, 2.45) is 7.05 Å². The molecule has 1 unspecified atom stereocenters. The Labute approximate surface area is 158 Å². The summed E-state index contributed by atoms with van der Waals surface area (Å²) in [5.74, 6) is 0.441. The second kappa shape index (κ2) is 7.99. The van der Waals surface area contributed by atoms with Crippen LogP contribution in [0.15, 0.2) is 42.9 Å². The van der Waals surface area contributed by atoms with Crippen LogP contribution in [0.5, 0.6) is 0 Å². The van der Waals surface area contributed by atoms with Gasteiger partial charge in [0.05, 0.1) is 17.6 Å². The van der Waals surface area contributed by atoms with Crippen molar-refractivity contribution in [3.63, 3.8) is 0 Å². The first-order valence-electron chi connectivity index (χ1n) is 8.97. The van der Waals surface area contributed by atoms with Gasteiger partial charge in [-0.3, -0.25) is 9.48 Å². The second-order valence-corrected chi connectivity index (χ2v) is 6.61. The van der Waals surface area contributed by atoms with Crippen molar-refractivity contribution in [2.45, 2.75) is 33.2 Å². The van der Waals surface area contributed by atoms with Gasteiger partial charge in [-0.15, -0.1) is 0 Å². The van der Waals surface area contributed by atoms with Crippen molar-refractivity contribution in [3.8, 4) is 11.3 Å². The van der Waals surface area contributed by atoms with E-state index >= 15 is 0 Å². The number of amides is 1. The standard InChI is InChI=1S/C20H24N6O/c1-5-14(3)23-19(27)16-8-6-15(7-9-16)18-13(2)10-21-20(25-18)24-17-11-22-26(4)12-17/h6-12,14H,5H2,1-4H3,(H,23,27)(H,21,24,25). The molecule has 0 aliphatic carbocycles. The molecule has 2 aromatic heterocycles. The predicted molar refractivity (Wildman–Crippen MR) is 106 cm³/mol. The Bertz CT molecular complexity index is 932. The van der Waals surface area contributed by atoms with E-state index < -0.39 is 0 Å². The number of nitrogens with zero attached hydrogens (tertiary/aromatic N) is 4. The van der Waals surface area contributed by atoms with Gasteiger partial charge < -0.3 is 10.6 Å². The molecule has 27 heavy (non-hydrogen) atoms. The Kier molecular flexibility index (Phi) is 5.49. The van der Waals surface area contributed by atoms with E-state index in [-0.39, 0.29) is 11.9 Å². The zero-order valence-corrected chi connectivity index (χ0v) is 16.0. The molecule has 1 aromatic carbocycles. The van der Waals surface area contributed by atoms with Gasteiger partial charge in [-0.25, -0.2) is 9.97 Å². The van der Waals surface area contributed by atoms with Crippen LogP contribution in [0.2, 0.25) is 0 Å². The minimum atomic E-state index is -0.0609. The lowest BCUT2D eigenvalue weighted by molar-refractivity contribution is 0.0939. The summed E-state index contributed by atoms with van der Waals surface area (Å²) in [5, 5.41) is 10.2. The third-order valence-corrected chi connectivity index (χ3v) is 4.34. The monoisotopic (exact) mass is 364 g/mol. The molecule has 2 N–H and O–H groups in total. The maximum Gasteiger partial charge on any atom is 0.251 e. The van der Waals surface area contributed by atoms with Gasteiger partial charge in [0.25, 0.3) is 5.91 Å². The van der Waals surface area contributed by atoms with Crippen LogP contribution in [0.4, 0.5) is 11.6 Å². The molecule has 0 bridgehead atoms. The number of benzene rings is 1. The van der Waals surface area contributed by atoms with Gasteiger partial charge in [0.15, 0.2) is 0 Å². The molecular formula is C20H24N6O. The minimum Gasteiger partial charge on any atom is -0.350 e. The lowest BCUT2D eigenvalue weighted by Crippen LogP contribution is -2.31. The highest BCUT2D eigenvalue weighted by Gasteiger charge is 2.11. The van der Waals surface area contributed by atoms with Crippen LogP contribution in [0, 0.1) is 6.92 Å². The topological polar surface area (TPSA) is 84.7 Å². The number of hydrogen-bond acceptors (Lipinski definition) is 5. The minimum absolute atomic E-state index is 0.0609. The number of carbonyl (C=O) groups excluding carboxylic acids is 1. The maximum atomic E-state index is 12.2. The highest BCUT2D eigenvalue weighted by atomic mass is 16.1. The Morgan fingerprint density at radius 3 is 2.59 bits per heavy atom. The van der Waals surface area contributed by atoms with Crippen molar-refractivity contribution in [1.29, 1.82) is 0 Å². The van der Waals surface area contributed by atoms with Crippen molar-refractivity contribution in [2.75, 3.05) is 5.32 Å². The van der Waals surface area contributed by atoms with Crippen molar-refractivity contribution in [1.82, 2.24) is 25.1 Å². The Balaban J connectivity index is 1.81. The molecule has 0 fully saturated rings. The Morgan fingerprint density at radius 2 is 1.96 bits per heavy atom. The quantitative estimate of drug-likeness (QED) is 0.700. The van der Waals surface area contributed by atoms with Crippen LogP contribution >= 0.6 is 0 Å². The number of carbonyl (C=O) groups is 1. The smallest absolute Gasteiger partial charge is 0.251 e. The molecule has 0 saturated carbocycles. The molecule has 3 aromatic rings. The lowest BCUT2D eigenvalue weighted by Gasteiger charge is -2.12. The van der Waals surface area contributed by atoms with Crippen molar-refractivity contribution in [3.05, 3.63) is 54.0 Å². The number of aromatic nitrogens is 4. The molecule has 0 saturated heterocycles. The van der Waals surface area contributed by atoms with Crippen LogP contribution in [0.1, 0.15) is 36.2 Å². The zero-order valence-electron chi connectivity index (χ0n) is 16.0. The van der Waals surface area contributed by atoms with Gasteiger partial charge in [0, 0.05) is 36.6 Å². The second-order valence-electron chi connectivity index (χ2n) is 6.61. The van der Waals surface area contributed by atoms with E-state index in [1.807, 2.05) is 58.3 Å². The third-order valence-electron chi connectivity index (χ3n) is 4.34. The predicted octanol–water partition coefficient (Wildman–Crippen LogP) is 3.46. The average Bonchev–Trinajstić information content (AvgIpc) is 3.08. The van der Waals surface area contributed by atoms with Crippen LogP contribution < -0.4 is 10.6 Å².